The summed E-state index contributed by atoms with van der Waals surface area (Å²) >= 11 is 0. The van der Waals surface area contributed by atoms with Crippen LogP contribution in [0.25, 0.3) is 27.6 Å². The fraction of sp³-hybridized carbons (Fsp3) is 0.489. The van der Waals surface area contributed by atoms with Gasteiger partial charge in [0, 0.05) is 0 Å². The van der Waals surface area contributed by atoms with Gasteiger partial charge in [0.05, 0.1) is 6.26 Å². The number of rotatable bonds is 9. The fourth-order valence-corrected chi connectivity index (χ4v) is 12.0. The van der Waals surface area contributed by atoms with Crippen molar-refractivity contribution in [3.05, 3.63) is 113 Å². The number of nitrogens with zero attached hydrogens (tertiary/aromatic N) is 1. The number of hydrogen-bond acceptors (Lipinski definition) is 2. The zero-order valence-corrected chi connectivity index (χ0v) is 37.2. The van der Waals surface area contributed by atoms with E-state index in [1.54, 1.807) is 27.6 Å². The van der Waals surface area contributed by atoms with E-state index >= 15 is 0 Å². The summed E-state index contributed by atoms with van der Waals surface area (Å²) in [6.07, 6.45) is 15.3. The summed E-state index contributed by atoms with van der Waals surface area (Å²) < 4.78 is 25.9. The monoisotopic (exact) mass is 859 g/mol. The van der Waals surface area contributed by atoms with Crippen LogP contribution in [-0.4, -0.2) is 37.6 Å². The van der Waals surface area contributed by atoms with Crippen molar-refractivity contribution in [2.24, 2.45) is 0 Å². The van der Waals surface area contributed by atoms with Crippen LogP contribution in [0.3, 0.4) is 0 Å². The first-order valence-electron chi connectivity index (χ1n) is 19.9. The Kier molecular flexibility index (Phi) is 19.1. The number of hydrogen-bond donors (Lipinski definition) is 1. The second-order valence-electron chi connectivity index (χ2n) is 15.8. The van der Waals surface area contributed by atoms with Gasteiger partial charge in [0.2, 0.25) is 0 Å². The van der Waals surface area contributed by atoms with Crippen LogP contribution in [0, 0.1) is 6.07 Å². The Hall–Kier alpha value is -2.32. The van der Waals surface area contributed by atoms with Crippen molar-refractivity contribution < 1.29 is 33.4 Å². The second-order valence-corrected chi connectivity index (χ2v) is 20.0. The molecule has 0 aliphatic heterocycles. The first-order valence-corrected chi connectivity index (χ1v) is 23.3. The van der Waals surface area contributed by atoms with Crippen molar-refractivity contribution in [1.82, 2.24) is 0 Å². The fourth-order valence-electron chi connectivity index (χ4n) is 8.04. The molecule has 4 aromatic carbocycles. The molecule has 0 radical (unpaired) electrons. The summed E-state index contributed by atoms with van der Waals surface area (Å²) in [5, 5.41) is 5.97. The smallest absolute Gasteiger partial charge is 0.694 e. The Morgan fingerprint density at radius 3 is 1.59 bits per heavy atom. The zero-order chi connectivity index (χ0) is 38.5. The third-order valence-electron chi connectivity index (χ3n) is 10.7. The SMILES string of the molecule is CC(C)c1cc(C(C)C)c(-c2ccccc2P(C2CCCCC2)C2CCCCC2)c(C(C)C)c1.CS(=O)(=O)O.C[N-]c1ccccc1-c1[c-]cccc1.[Pd+2]. The van der Waals surface area contributed by atoms with Gasteiger partial charge >= 0.3 is 20.4 Å². The van der Waals surface area contributed by atoms with Crippen molar-refractivity contribution in [1.29, 1.82) is 0 Å². The number of benzene rings is 4. The van der Waals surface area contributed by atoms with E-state index < -0.39 is 10.1 Å². The maximum absolute atomic E-state index is 9.19. The molecular formula is C47H64NO3PPdS. The summed E-state index contributed by atoms with van der Waals surface area (Å²) in [6, 6.07) is 34.1. The van der Waals surface area contributed by atoms with Crippen LogP contribution in [0.15, 0.2) is 84.9 Å². The van der Waals surface area contributed by atoms with Crippen molar-refractivity contribution in [3.8, 4) is 22.3 Å². The predicted molar refractivity (Wildman–Crippen MR) is 232 cm³/mol. The van der Waals surface area contributed by atoms with Gasteiger partial charge in [-0.3, -0.25) is 4.55 Å². The molecule has 0 aromatic heterocycles. The first-order chi connectivity index (χ1) is 25.3. The van der Waals surface area contributed by atoms with E-state index in [0.717, 1.165) is 28.1 Å². The summed E-state index contributed by atoms with van der Waals surface area (Å²) in [5.74, 6) is 1.64. The van der Waals surface area contributed by atoms with Gasteiger partial charge in [0.1, 0.15) is 0 Å². The Balaban J connectivity index is 0.000000323. The Morgan fingerprint density at radius 2 is 1.15 bits per heavy atom. The first kappa shape index (κ1) is 46.1. The molecule has 296 valence electrons. The van der Waals surface area contributed by atoms with Gasteiger partial charge in [0.25, 0.3) is 10.1 Å². The van der Waals surface area contributed by atoms with Gasteiger partial charge in [-0.2, -0.15) is 14.1 Å². The van der Waals surface area contributed by atoms with Crippen LogP contribution in [0.5, 0.6) is 0 Å². The van der Waals surface area contributed by atoms with Gasteiger partial charge in [-0.05, 0) is 87.9 Å². The van der Waals surface area contributed by atoms with E-state index in [0.29, 0.717) is 24.0 Å². The minimum absolute atomic E-state index is 0. The molecule has 0 atom stereocenters. The van der Waals surface area contributed by atoms with Crippen molar-refractivity contribution in [2.75, 3.05) is 13.3 Å². The molecule has 0 saturated heterocycles. The normalized spacial score (nSPS) is 15.3. The van der Waals surface area contributed by atoms with Crippen LogP contribution in [0.1, 0.15) is 140 Å². The van der Waals surface area contributed by atoms with E-state index in [9.17, 15) is 8.42 Å². The van der Waals surface area contributed by atoms with Crippen LogP contribution in [0.2, 0.25) is 0 Å². The summed E-state index contributed by atoms with van der Waals surface area (Å²) in [4.78, 5) is 0. The van der Waals surface area contributed by atoms with Crippen molar-refractivity contribution in [2.45, 2.75) is 135 Å². The van der Waals surface area contributed by atoms with Gasteiger partial charge in [-0.15, -0.1) is 48.5 Å². The molecule has 0 bridgehead atoms. The molecule has 6 rings (SSSR count). The number of para-hydroxylation sites is 1. The van der Waals surface area contributed by atoms with Gasteiger partial charge in [-0.1, -0.05) is 149 Å². The molecular weight excluding hydrogens is 796 g/mol. The maximum Gasteiger partial charge on any atom is 2.00 e. The minimum atomic E-state index is -3.67. The zero-order valence-electron chi connectivity index (χ0n) is 33.9. The minimum Gasteiger partial charge on any atom is -0.694 e. The topological polar surface area (TPSA) is 68.5 Å². The van der Waals surface area contributed by atoms with E-state index in [-0.39, 0.29) is 28.3 Å². The van der Waals surface area contributed by atoms with Crippen molar-refractivity contribution >= 4 is 29.0 Å². The summed E-state index contributed by atoms with van der Waals surface area (Å²) in [5.41, 5.74) is 12.9. The molecule has 4 nitrogen and oxygen atoms in total. The van der Waals surface area contributed by atoms with Gasteiger partial charge < -0.3 is 5.32 Å². The standard InChI is InChI=1S/C33H49P.C13H11N.CH4O3S.Pd/c1-23(2)26-21-30(24(3)4)33(31(22-26)25(5)6)29-19-13-14-20-32(29)34(27-15-9-7-10-16-27)28-17-11-8-12-18-28;1-14-13-10-6-5-9-12(13)11-7-3-2-4-8-11;1-5(2,3)4;/h13-14,19-25,27-28H,7-12,15-18H2,1-6H3;2-7,9-10H,1H3;1H3,(H,2,3,4);/q;-2;;+2. The Bertz CT molecular complexity index is 1760. The van der Waals surface area contributed by atoms with E-state index in [2.05, 4.69) is 95.4 Å². The average molecular weight is 860 g/mol. The molecule has 7 heteroatoms. The molecule has 0 amide bonds. The average Bonchev–Trinajstić information content (AvgIpc) is 3.15. The molecule has 2 fully saturated rings. The van der Waals surface area contributed by atoms with Crippen LogP contribution in [0.4, 0.5) is 5.69 Å². The third kappa shape index (κ3) is 13.4. The molecule has 0 spiro atoms. The van der Waals surface area contributed by atoms with E-state index in [1.807, 2.05) is 49.5 Å². The predicted octanol–water partition coefficient (Wildman–Crippen LogP) is 13.8. The largest absolute Gasteiger partial charge is 2.00 e. The van der Waals surface area contributed by atoms with Crippen molar-refractivity contribution in [3.63, 3.8) is 0 Å². The molecule has 54 heavy (non-hydrogen) atoms. The molecule has 2 aliphatic carbocycles. The maximum atomic E-state index is 9.19. The summed E-state index contributed by atoms with van der Waals surface area (Å²) in [7, 11) is -1.98. The van der Waals surface area contributed by atoms with Gasteiger partial charge in [0.15, 0.2) is 0 Å². The Labute approximate surface area is 343 Å². The molecule has 0 heterocycles. The molecule has 1 N–H and O–H groups in total. The molecule has 4 aromatic rings. The van der Waals surface area contributed by atoms with Crippen LogP contribution < -0.4 is 5.30 Å². The summed E-state index contributed by atoms with van der Waals surface area (Å²) in [6.45, 7) is 14.3. The molecule has 2 aliphatic rings. The third-order valence-corrected chi connectivity index (χ3v) is 14.2. The quantitative estimate of drug-likeness (QED) is 0.0789. The van der Waals surface area contributed by atoms with Crippen LogP contribution >= 0.6 is 7.92 Å². The molecule has 0 unspecified atom stereocenters. The second kappa shape index (κ2) is 22.4. The van der Waals surface area contributed by atoms with E-state index in [4.69, 9.17) is 4.55 Å². The van der Waals surface area contributed by atoms with Crippen LogP contribution in [-0.2, 0) is 30.5 Å². The molecule has 2 saturated carbocycles. The Morgan fingerprint density at radius 1 is 0.685 bits per heavy atom. The van der Waals surface area contributed by atoms with Gasteiger partial charge in [-0.25, -0.2) is 0 Å². The van der Waals surface area contributed by atoms with E-state index in [1.165, 1.54) is 69.8 Å².